The van der Waals surface area contributed by atoms with Gasteiger partial charge in [-0.2, -0.15) is 0 Å². The Labute approximate surface area is 132 Å². The van der Waals surface area contributed by atoms with E-state index in [-0.39, 0.29) is 17.5 Å². The molecule has 1 aromatic heterocycles. The van der Waals surface area contributed by atoms with E-state index < -0.39 is 16.7 Å². The normalized spacial score (nSPS) is 24.1. The zero-order valence-electron chi connectivity index (χ0n) is 13.3. The molecule has 2 aliphatic rings. The average Bonchev–Trinajstić information content (AvgIpc) is 2.96. The highest BCUT2D eigenvalue weighted by atomic mass is 16.2. The van der Waals surface area contributed by atoms with Gasteiger partial charge in [-0.05, 0) is 19.3 Å². The Morgan fingerprint density at radius 1 is 1.17 bits per heavy atom. The summed E-state index contributed by atoms with van der Waals surface area (Å²) in [4.78, 5) is 50.2. The van der Waals surface area contributed by atoms with Gasteiger partial charge in [0.1, 0.15) is 5.69 Å². The Bertz CT molecular complexity index is 794. The number of hydrogen-bond acceptors (Lipinski definition) is 4. The van der Waals surface area contributed by atoms with Crippen LogP contribution in [0.3, 0.4) is 0 Å². The Kier molecular flexibility index (Phi) is 3.62. The summed E-state index contributed by atoms with van der Waals surface area (Å²) in [5.41, 5.74) is -1.51. The molecule has 1 aromatic rings. The molecule has 8 nitrogen and oxygen atoms in total. The van der Waals surface area contributed by atoms with Gasteiger partial charge in [0.15, 0.2) is 0 Å². The second-order valence-electron chi connectivity index (χ2n) is 6.38. The predicted molar refractivity (Wildman–Crippen MR) is 82.1 cm³/mol. The summed E-state index contributed by atoms with van der Waals surface area (Å²) >= 11 is 0. The maximum Gasteiger partial charge on any atom is 0.331 e. The van der Waals surface area contributed by atoms with Crippen LogP contribution in [0.25, 0.3) is 0 Å². The van der Waals surface area contributed by atoms with Crippen LogP contribution in [0.2, 0.25) is 0 Å². The maximum absolute atomic E-state index is 12.7. The van der Waals surface area contributed by atoms with Gasteiger partial charge in [0.2, 0.25) is 5.91 Å². The molecule has 2 aliphatic heterocycles. The van der Waals surface area contributed by atoms with E-state index in [0.717, 1.165) is 17.4 Å². The van der Waals surface area contributed by atoms with Crippen molar-refractivity contribution in [3.05, 3.63) is 32.6 Å². The minimum atomic E-state index is -0.537. The number of nitrogens with zero attached hydrogens (tertiary/aromatic N) is 3. The van der Waals surface area contributed by atoms with Gasteiger partial charge in [-0.1, -0.05) is 0 Å². The fraction of sp³-hybridized carbons (Fsp3) is 0.600. The molecule has 1 atom stereocenters. The second kappa shape index (κ2) is 5.36. The lowest BCUT2D eigenvalue weighted by Crippen LogP contribution is -2.48. The van der Waals surface area contributed by atoms with E-state index in [9.17, 15) is 19.2 Å². The van der Waals surface area contributed by atoms with Gasteiger partial charge in [0.05, 0.1) is 5.41 Å². The third-order valence-electron chi connectivity index (χ3n) is 4.99. The predicted octanol–water partition coefficient (Wildman–Crippen LogP) is -1.17. The first kappa shape index (κ1) is 15.5. The van der Waals surface area contributed by atoms with Crippen LogP contribution in [0.5, 0.6) is 0 Å². The number of hydrogen-bond donors (Lipinski definition) is 1. The Balaban J connectivity index is 1.90. The summed E-state index contributed by atoms with van der Waals surface area (Å²) in [6, 6.07) is 1.18. The van der Waals surface area contributed by atoms with Crippen molar-refractivity contribution in [2.45, 2.75) is 19.3 Å². The molecular formula is C15H20N4O4. The number of carbonyl (C=O) groups excluding carboxylic acids is 2. The molecule has 124 valence electrons. The molecule has 2 amide bonds. The first-order valence-electron chi connectivity index (χ1n) is 7.70. The largest absolute Gasteiger partial charge is 0.356 e. The molecular weight excluding hydrogens is 300 g/mol. The summed E-state index contributed by atoms with van der Waals surface area (Å²) in [7, 11) is 2.84. The molecule has 0 aliphatic carbocycles. The highest BCUT2D eigenvalue weighted by molar-refractivity contribution is 5.94. The van der Waals surface area contributed by atoms with E-state index >= 15 is 0 Å². The number of amides is 2. The lowest BCUT2D eigenvalue weighted by Gasteiger charge is -2.32. The van der Waals surface area contributed by atoms with Gasteiger partial charge >= 0.3 is 5.69 Å². The zero-order valence-corrected chi connectivity index (χ0v) is 13.3. The van der Waals surface area contributed by atoms with Crippen LogP contribution in [-0.4, -0.2) is 45.5 Å². The molecule has 0 bridgehead atoms. The van der Waals surface area contributed by atoms with Gasteiger partial charge < -0.3 is 10.2 Å². The smallest absolute Gasteiger partial charge is 0.331 e. The standard InChI is InChI=1S/C15H20N4O4/c1-17-10(8-11(20)18(2)14(17)23)12(21)19-7-5-15(9-19)4-3-6-16-13(15)22/h8H,3-7,9H2,1-2H3,(H,16,22)/t15-/m0/s1. The minimum Gasteiger partial charge on any atom is -0.356 e. The molecule has 8 heteroatoms. The van der Waals surface area contributed by atoms with Crippen LogP contribution in [0.1, 0.15) is 29.8 Å². The molecule has 0 aromatic carbocycles. The third-order valence-corrected chi connectivity index (χ3v) is 4.99. The van der Waals surface area contributed by atoms with Crippen molar-refractivity contribution in [1.82, 2.24) is 19.4 Å². The lowest BCUT2D eigenvalue weighted by atomic mass is 9.79. The summed E-state index contributed by atoms with van der Waals surface area (Å²) < 4.78 is 2.13. The van der Waals surface area contributed by atoms with Crippen LogP contribution in [0.15, 0.2) is 15.7 Å². The van der Waals surface area contributed by atoms with Gasteiger partial charge in [0.25, 0.3) is 11.5 Å². The monoisotopic (exact) mass is 320 g/mol. The number of aromatic nitrogens is 2. The van der Waals surface area contributed by atoms with Crippen LogP contribution in [-0.2, 0) is 18.9 Å². The number of carbonyl (C=O) groups is 2. The van der Waals surface area contributed by atoms with Gasteiger partial charge in [-0.3, -0.25) is 23.5 Å². The molecule has 2 fully saturated rings. The molecule has 1 spiro atoms. The molecule has 1 N–H and O–H groups in total. The molecule has 2 saturated heterocycles. The quantitative estimate of drug-likeness (QED) is 0.705. The lowest BCUT2D eigenvalue weighted by molar-refractivity contribution is -0.132. The molecule has 0 radical (unpaired) electrons. The second-order valence-corrected chi connectivity index (χ2v) is 6.38. The van der Waals surface area contributed by atoms with Crippen molar-refractivity contribution in [3.8, 4) is 0 Å². The third kappa shape index (κ3) is 2.38. The molecule has 0 saturated carbocycles. The summed E-state index contributed by atoms with van der Waals surface area (Å²) in [6.45, 7) is 1.47. The van der Waals surface area contributed by atoms with Crippen LogP contribution < -0.4 is 16.6 Å². The number of likely N-dealkylation sites (tertiary alicyclic amines) is 1. The van der Waals surface area contributed by atoms with Crippen molar-refractivity contribution in [3.63, 3.8) is 0 Å². The minimum absolute atomic E-state index is 0.00286. The zero-order chi connectivity index (χ0) is 16.8. The topological polar surface area (TPSA) is 93.4 Å². The van der Waals surface area contributed by atoms with Crippen molar-refractivity contribution >= 4 is 11.8 Å². The van der Waals surface area contributed by atoms with E-state index in [1.165, 1.54) is 24.7 Å². The SMILES string of the molecule is Cn1c(C(=O)N2CC[C@@]3(CCCNC3=O)C2)cc(=O)n(C)c1=O. The van der Waals surface area contributed by atoms with Gasteiger partial charge in [-0.15, -0.1) is 0 Å². The summed E-state index contributed by atoms with van der Waals surface area (Å²) in [5.74, 6) is -0.380. The first-order valence-corrected chi connectivity index (χ1v) is 7.70. The van der Waals surface area contributed by atoms with Crippen LogP contribution in [0, 0.1) is 5.41 Å². The molecule has 23 heavy (non-hydrogen) atoms. The Morgan fingerprint density at radius 2 is 1.91 bits per heavy atom. The van der Waals surface area contributed by atoms with E-state index in [4.69, 9.17) is 0 Å². The van der Waals surface area contributed by atoms with Gasteiger partial charge in [-0.25, -0.2) is 4.79 Å². The van der Waals surface area contributed by atoms with E-state index in [1.54, 1.807) is 4.90 Å². The highest BCUT2D eigenvalue weighted by Crippen LogP contribution is 2.37. The van der Waals surface area contributed by atoms with Crippen molar-refractivity contribution in [2.75, 3.05) is 19.6 Å². The van der Waals surface area contributed by atoms with Crippen LogP contribution >= 0.6 is 0 Å². The number of nitrogens with one attached hydrogen (secondary N) is 1. The summed E-state index contributed by atoms with van der Waals surface area (Å²) in [6.07, 6.45) is 2.28. The number of piperidine rings is 1. The van der Waals surface area contributed by atoms with Crippen LogP contribution in [0.4, 0.5) is 0 Å². The van der Waals surface area contributed by atoms with E-state index in [0.29, 0.717) is 26.1 Å². The van der Waals surface area contributed by atoms with Crippen molar-refractivity contribution in [1.29, 1.82) is 0 Å². The van der Waals surface area contributed by atoms with Crippen molar-refractivity contribution < 1.29 is 9.59 Å². The Morgan fingerprint density at radius 3 is 2.61 bits per heavy atom. The average molecular weight is 320 g/mol. The maximum atomic E-state index is 12.7. The molecule has 3 heterocycles. The fourth-order valence-electron chi connectivity index (χ4n) is 3.47. The Hall–Kier alpha value is -2.38. The number of rotatable bonds is 1. The van der Waals surface area contributed by atoms with Crippen molar-refractivity contribution in [2.24, 2.45) is 19.5 Å². The first-order chi connectivity index (χ1) is 10.9. The molecule has 3 rings (SSSR count). The van der Waals surface area contributed by atoms with E-state index in [2.05, 4.69) is 5.32 Å². The van der Waals surface area contributed by atoms with Gasteiger partial charge in [0, 0.05) is 39.8 Å². The molecule has 0 unspecified atom stereocenters. The highest BCUT2D eigenvalue weighted by Gasteiger charge is 2.47. The fourth-order valence-corrected chi connectivity index (χ4v) is 3.47. The summed E-state index contributed by atoms with van der Waals surface area (Å²) in [5, 5.41) is 2.87. The van der Waals surface area contributed by atoms with E-state index in [1.807, 2.05) is 0 Å².